The van der Waals surface area contributed by atoms with E-state index in [9.17, 15) is 9.59 Å². The molecule has 0 saturated heterocycles. The van der Waals surface area contributed by atoms with Crippen LogP contribution in [-0.2, 0) is 9.59 Å². The normalized spacial score (nSPS) is 16.6. The molecule has 1 atom stereocenters. The van der Waals surface area contributed by atoms with Crippen LogP contribution in [0.25, 0.3) is 11.1 Å². The third-order valence-electron chi connectivity index (χ3n) is 4.98. The fourth-order valence-electron chi connectivity index (χ4n) is 3.51. The Morgan fingerprint density at radius 1 is 1.19 bits per heavy atom. The number of benzene rings is 1. The molecule has 1 aromatic carbocycles. The van der Waals surface area contributed by atoms with Crippen LogP contribution in [0.3, 0.4) is 0 Å². The van der Waals surface area contributed by atoms with Gasteiger partial charge in [0.05, 0.1) is 0 Å². The average Bonchev–Trinajstić information content (AvgIpc) is 2.99. The van der Waals surface area contributed by atoms with Gasteiger partial charge in [0.2, 0.25) is 11.8 Å². The number of amides is 2. The third-order valence-corrected chi connectivity index (χ3v) is 4.98. The predicted octanol–water partition coefficient (Wildman–Crippen LogP) is 3.80. The summed E-state index contributed by atoms with van der Waals surface area (Å²) in [7, 11) is 0. The van der Waals surface area contributed by atoms with E-state index in [-0.39, 0.29) is 23.7 Å². The Morgan fingerprint density at radius 3 is 2.62 bits per heavy atom. The van der Waals surface area contributed by atoms with E-state index in [1.54, 1.807) is 25.1 Å². The first-order valence-corrected chi connectivity index (χ1v) is 9.42. The smallest absolute Gasteiger partial charge is 0.247 e. The van der Waals surface area contributed by atoms with Crippen molar-refractivity contribution < 1.29 is 14.0 Å². The molecule has 1 aliphatic rings. The summed E-state index contributed by atoms with van der Waals surface area (Å²) in [5.74, 6) is 0.418. The quantitative estimate of drug-likeness (QED) is 0.852. The number of rotatable bonds is 5. The second-order valence-corrected chi connectivity index (χ2v) is 7.47. The van der Waals surface area contributed by atoms with Crippen LogP contribution in [0.1, 0.15) is 51.8 Å². The monoisotopic (exact) mass is 357 g/mol. The predicted molar refractivity (Wildman–Crippen MR) is 101 cm³/mol. The summed E-state index contributed by atoms with van der Waals surface area (Å²) in [6.45, 7) is 5.67. The van der Waals surface area contributed by atoms with Crippen molar-refractivity contribution in [2.45, 2.75) is 58.9 Å². The summed E-state index contributed by atoms with van der Waals surface area (Å²) in [6, 6.07) is 4.80. The molecule has 1 aliphatic carbocycles. The lowest BCUT2D eigenvalue weighted by molar-refractivity contribution is -0.130. The summed E-state index contributed by atoms with van der Waals surface area (Å²) in [5, 5.41) is 5.86. The van der Waals surface area contributed by atoms with Gasteiger partial charge in [0.15, 0.2) is 11.5 Å². The number of aryl methyl sites for hydroxylation is 1. The van der Waals surface area contributed by atoms with Gasteiger partial charge in [0.25, 0.3) is 0 Å². The minimum atomic E-state index is -0.556. The molecular weight excluding hydrogens is 330 g/mol. The maximum atomic E-state index is 12.7. The molecule has 1 unspecified atom stereocenters. The van der Waals surface area contributed by atoms with E-state index in [2.05, 4.69) is 15.6 Å². The molecule has 2 aromatic rings. The molecule has 2 N–H and O–H groups in total. The maximum absolute atomic E-state index is 12.7. The zero-order chi connectivity index (χ0) is 18.7. The molecule has 1 fully saturated rings. The highest BCUT2D eigenvalue weighted by molar-refractivity contribution is 5.98. The summed E-state index contributed by atoms with van der Waals surface area (Å²) in [5.41, 5.74) is 2.03. The zero-order valence-corrected chi connectivity index (χ0v) is 15.7. The number of nitrogens with zero attached hydrogens (tertiary/aromatic N) is 1. The zero-order valence-electron chi connectivity index (χ0n) is 15.7. The highest BCUT2D eigenvalue weighted by atomic mass is 16.3. The summed E-state index contributed by atoms with van der Waals surface area (Å²) in [6.07, 6.45) is 5.21. The van der Waals surface area contributed by atoms with Crippen LogP contribution in [0.2, 0.25) is 0 Å². The van der Waals surface area contributed by atoms with Crippen LogP contribution >= 0.6 is 0 Å². The lowest BCUT2D eigenvalue weighted by Gasteiger charge is -2.26. The van der Waals surface area contributed by atoms with Gasteiger partial charge in [0, 0.05) is 18.5 Å². The second kappa shape index (κ2) is 7.89. The van der Waals surface area contributed by atoms with Gasteiger partial charge in [-0.3, -0.25) is 9.59 Å². The highest BCUT2D eigenvalue weighted by Crippen LogP contribution is 2.24. The van der Waals surface area contributed by atoms with Crippen LogP contribution in [0.5, 0.6) is 0 Å². The highest BCUT2D eigenvalue weighted by Gasteiger charge is 2.28. The van der Waals surface area contributed by atoms with Crippen molar-refractivity contribution in [1.29, 1.82) is 0 Å². The molecule has 2 amide bonds. The van der Waals surface area contributed by atoms with Crippen molar-refractivity contribution in [1.82, 2.24) is 10.3 Å². The number of nitrogens with one attached hydrogen (secondary N) is 2. The van der Waals surface area contributed by atoms with Crippen LogP contribution in [0.15, 0.2) is 22.6 Å². The molecule has 0 spiro atoms. The fraction of sp³-hybridized carbons (Fsp3) is 0.550. The molecule has 1 heterocycles. The van der Waals surface area contributed by atoms with Gasteiger partial charge in [0.1, 0.15) is 11.6 Å². The van der Waals surface area contributed by atoms with Gasteiger partial charge in [-0.1, -0.05) is 33.1 Å². The molecule has 0 radical (unpaired) electrons. The van der Waals surface area contributed by atoms with E-state index >= 15 is 0 Å². The molecule has 1 aromatic heterocycles. The minimum absolute atomic E-state index is 0.000524. The number of aromatic nitrogens is 1. The van der Waals surface area contributed by atoms with Gasteiger partial charge in [-0.2, -0.15) is 0 Å². The van der Waals surface area contributed by atoms with Gasteiger partial charge >= 0.3 is 0 Å². The molecular formula is C20H27N3O3. The van der Waals surface area contributed by atoms with E-state index < -0.39 is 6.04 Å². The standard InChI is InChI=1S/C20H27N3O3/c1-12(2)18(23-19(24)14-7-5-4-6-8-14)20(25)22-15-9-10-17-16(11-15)21-13(3)26-17/h9-12,14,18H,4-8H2,1-3H3,(H,22,25)(H,23,24). The summed E-state index contributed by atoms with van der Waals surface area (Å²) in [4.78, 5) is 29.6. The Bertz CT molecular complexity index is 791. The lowest BCUT2D eigenvalue weighted by Crippen LogP contribution is -2.49. The molecule has 6 nitrogen and oxygen atoms in total. The average molecular weight is 357 g/mol. The first-order chi connectivity index (χ1) is 12.4. The first kappa shape index (κ1) is 18.4. The van der Waals surface area contributed by atoms with Gasteiger partial charge < -0.3 is 15.1 Å². The number of hydrogen-bond donors (Lipinski definition) is 2. The lowest BCUT2D eigenvalue weighted by atomic mass is 9.88. The number of hydrogen-bond acceptors (Lipinski definition) is 4. The van der Waals surface area contributed by atoms with Crippen molar-refractivity contribution in [3.05, 3.63) is 24.1 Å². The molecule has 0 aliphatic heterocycles. The van der Waals surface area contributed by atoms with Crippen molar-refractivity contribution in [2.24, 2.45) is 11.8 Å². The van der Waals surface area contributed by atoms with Crippen molar-refractivity contribution in [3.8, 4) is 0 Å². The van der Waals surface area contributed by atoms with Crippen molar-refractivity contribution >= 4 is 28.6 Å². The van der Waals surface area contributed by atoms with Gasteiger partial charge in [-0.25, -0.2) is 4.98 Å². The van der Waals surface area contributed by atoms with Crippen LogP contribution in [0.4, 0.5) is 5.69 Å². The molecule has 3 rings (SSSR count). The van der Waals surface area contributed by atoms with E-state index in [0.29, 0.717) is 22.7 Å². The summed E-state index contributed by atoms with van der Waals surface area (Å²) < 4.78 is 5.45. The number of carbonyl (C=O) groups is 2. The second-order valence-electron chi connectivity index (χ2n) is 7.47. The molecule has 26 heavy (non-hydrogen) atoms. The molecule has 140 valence electrons. The first-order valence-electron chi connectivity index (χ1n) is 9.42. The fourth-order valence-corrected chi connectivity index (χ4v) is 3.51. The number of fused-ring (bicyclic) bond motifs is 1. The largest absolute Gasteiger partial charge is 0.441 e. The van der Waals surface area contributed by atoms with Crippen LogP contribution in [-0.4, -0.2) is 22.8 Å². The Hall–Kier alpha value is -2.37. The summed E-state index contributed by atoms with van der Waals surface area (Å²) >= 11 is 0. The Labute approximate surface area is 153 Å². The topological polar surface area (TPSA) is 84.2 Å². The van der Waals surface area contributed by atoms with Crippen LogP contribution in [0, 0.1) is 18.8 Å². The third kappa shape index (κ3) is 4.23. The Balaban J connectivity index is 1.68. The van der Waals surface area contributed by atoms with Crippen molar-refractivity contribution in [2.75, 3.05) is 5.32 Å². The van der Waals surface area contributed by atoms with E-state index in [1.807, 2.05) is 13.8 Å². The van der Waals surface area contributed by atoms with Gasteiger partial charge in [-0.15, -0.1) is 0 Å². The number of oxazole rings is 1. The van der Waals surface area contributed by atoms with E-state index in [4.69, 9.17) is 4.42 Å². The van der Waals surface area contributed by atoms with Crippen LogP contribution < -0.4 is 10.6 Å². The Morgan fingerprint density at radius 2 is 1.92 bits per heavy atom. The van der Waals surface area contributed by atoms with Crippen molar-refractivity contribution in [3.63, 3.8) is 0 Å². The molecule has 0 bridgehead atoms. The van der Waals surface area contributed by atoms with Gasteiger partial charge in [-0.05, 0) is 37.0 Å². The molecule has 6 heteroatoms. The Kier molecular flexibility index (Phi) is 5.59. The van der Waals surface area contributed by atoms with E-state index in [1.165, 1.54) is 6.42 Å². The maximum Gasteiger partial charge on any atom is 0.247 e. The molecule has 1 saturated carbocycles. The SMILES string of the molecule is Cc1nc2cc(NC(=O)C(NC(=O)C3CCCCC3)C(C)C)ccc2o1. The van der Waals surface area contributed by atoms with E-state index in [0.717, 1.165) is 25.7 Å². The number of anilines is 1. The minimum Gasteiger partial charge on any atom is -0.441 e. The number of carbonyl (C=O) groups excluding carboxylic acids is 2.